The molecule has 6 heteroatoms. The van der Waals surface area contributed by atoms with E-state index >= 15 is 0 Å². The van der Waals surface area contributed by atoms with Gasteiger partial charge in [0.1, 0.15) is 5.60 Å². The quantitative estimate of drug-likeness (QED) is 0.734. The molecule has 0 bridgehead atoms. The Hall–Kier alpha value is -0.850. The summed E-state index contributed by atoms with van der Waals surface area (Å²) in [6.45, 7) is 12.7. The Bertz CT molecular complexity index is 492. The van der Waals surface area contributed by atoms with Gasteiger partial charge < -0.3 is 19.4 Å². The standard InChI is InChI=1S/C21H38N4O2/c1-2-22-12-14-23(15-13-22)16-17-25-18-21(27-20(25)26)8-10-24(11-9-21)19-6-4-3-5-7-19/h19H,2-18H2,1H3. The molecule has 0 aromatic rings. The van der Waals surface area contributed by atoms with Crippen molar-refractivity contribution in [1.82, 2.24) is 19.6 Å². The molecule has 0 unspecified atom stereocenters. The van der Waals surface area contributed by atoms with Crippen LogP contribution in [0.5, 0.6) is 0 Å². The summed E-state index contributed by atoms with van der Waals surface area (Å²) in [4.78, 5) is 22.1. The number of hydrogen-bond donors (Lipinski definition) is 0. The number of likely N-dealkylation sites (tertiary alicyclic amines) is 1. The molecule has 1 amide bonds. The number of hydrogen-bond acceptors (Lipinski definition) is 5. The second-order valence-corrected chi connectivity index (χ2v) is 9.08. The van der Waals surface area contributed by atoms with Crippen molar-refractivity contribution in [2.75, 3.05) is 65.4 Å². The lowest BCUT2D eigenvalue weighted by Crippen LogP contribution is -2.51. The molecule has 154 valence electrons. The molecule has 4 aliphatic rings. The number of carbonyl (C=O) groups excluding carboxylic acids is 1. The van der Waals surface area contributed by atoms with Crippen LogP contribution in [0.25, 0.3) is 0 Å². The first-order valence-electron chi connectivity index (χ1n) is 11.3. The van der Waals surface area contributed by atoms with Crippen LogP contribution in [0.3, 0.4) is 0 Å². The second-order valence-electron chi connectivity index (χ2n) is 9.08. The van der Waals surface area contributed by atoms with Crippen molar-refractivity contribution in [3.63, 3.8) is 0 Å². The van der Waals surface area contributed by atoms with Gasteiger partial charge in [-0.1, -0.05) is 26.2 Å². The number of likely N-dealkylation sites (N-methyl/N-ethyl adjacent to an activating group) is 1. The zero-order chi connectivity index (χ0) is 18.7. The predicted molar refractivity (Wildman–Crippen MR) is 107 cm³/mol. The van der Waals surface area contributed by atoms with Gasteiger partial charge in [0.15, 0.2) is 0 Å². The number of ether oxygens (including phenoxy) is 1. The van der Waals surface area contributed by atoms with Gasteiger partial charge in [-0.25, -0.2) is 4.79 Å². The fourth-order valence-corrected chi connectivity index (χ4v) is 5.46. The molecule has 1 aliphatic carbocycles. The summed E-state index contributed by atoms with van der Waals surface area (Å²) in [6.07, 6.45) is 8.88. The Morgan fingerprint density at radius 2 is 1.59 bits per heavy atom. The van der Waals surface area contributed by atoms with Crippen LogP contribution in [0.2, 0.25) is 0 Å². The molecule has 1 saturated carbocycles. The maximum atomic E-state index is 12.5. The number of rotatable bonds is 5. The zero-order valence-electron chi connectivity index (χ0n) is 17.2. The molecule has 0 radical (unpaired) electrons. The third-order valence-corrected chi connectivity index (χ3v) is 7.44. The first-order valence-corrected chi connectivity index (χ1v) is 11.3. The van der Waals surface area contributed by atoms with E-state index in [1.165, 1.54) is 32.1 Å². The van der Waals surface area contributed by atoms with E-state index in [4.69, 9.17) is 4.74 Å². The van der Waals surface area contributed by atoms with E-state index in [-0.39, 0.29) is 11.7 Å². The molecular formula is C21H38N4O2. The Morgan fingerprint density at radius 1 is 0.926 bits per heavy atom. The van der Waals surface area contributed by atoms with E-state index in [0.717, 1.165) is 84.3 Å². The van der Waals surface area contributed by atoms with Gasteiger partial charge in [-0.3, -0.25) is 4.90 Å². The van der Waals surface area contributed by atoms with Crippen molar-refractivity contribution in [3.05, 3.63) is 0 Å². The first kappa shape index (κ1) is 19.5. The minimum atomic E-state index is -0.205. The highest BCUT2D eigenvalue weighted by Gasteiger charge is 2.47. The van der Waals surface area contributed by atoms with Crippen LogP contribution in [0.4, 0.5) is 4.79 Å². The lowest BCUT2D eigenvalue weighted by atomic mass is 9.87. The molecule has 3 aliphatic heterocycles. The van der Waals surface area contributed by atoms with Gasteiger partial charge in [-0.15, -0.1) is 0 Å². The van der Waals surface area contributed by atoms with Gasteiger partial charge in [0, 0.05) is 71.2 Å². The molecule has 0 aromatic heterocycles. The minimum Gasteiger partial charge on any atom is -0.441 e. The van der Waals surface area contributed by atoms with Crippen molar-refractivity contribution >= 4 is 6.09 Å². The van der Waals surface area contributed by atoms with Crippen LogP contribution in [0, 0.1) is 0 Å². The van der Waals surface area contributed by atoms with Gasteiger partial charge >= 0.3 is 6.09 Å². The Labute approximate surface area is 164 Å². The maximum Gasteiger partial charge on any atom is 0.410 e. The van der Waals surface area contributed by atoms with E-state index < -0.39 is 0 Å². The summed E-state index contributed by atoms with van der Waals surface area (Å²) >= 11 is 0. The summed E-state index contributed by atoms with van der Waals surface area (Å²) < 4.78 is 5.95. The van der Waals surface area contributed by atoms with Crippen LogP contribution in [-0.4, -0.2) is 103 Å². The summed E-state index contributed by atoms with van der Waals surface area (Å²) in [5, 5.41) is 0. The SMILES string of the molecule is CCN1CCN(CCN2CC3(CCN(C4CCCCC4)CC3)OC2=O)CC1. The summed E-state index contributed by atoms with van der Waals surface area (Å²) in [5.74, 6) is 0. The van der Waals surface area contributed by atoms with Crippen molar-refractivity contribution in [1.29, 1.82) is 0 Å². The summed E-state index contributed by atoms with van der Waals surface area (Å²) in [7, 11) is 0. The largest absolute Gasteiger partial charge is 0.441 e. The van der Waals surface area contributed by atoms with Crippen LogP contribution < -0.4 is 0 Å². The predicted octanol–water partition coefficient (Wildman–Crippen LogP) is 2.24. The number of piperidine rings is 1. The molecule has 3 saturated heterocycles. The molecule has 3 heterocycles. The Morgan fingerprint density at radius 3 is 2.26 bits per heavy atom. The number of amides is 1. The third kappa shape index (κ3) is 4.60. The monoisotopic (exact) mass is 378 g/mol. The van der Waals surface area contributed by atoms with Crippen LogP contribution >= 0.6 is 0 Å². The smallest absolute Gasteiger partial charge is 0.410 e. The van der Waals surface area contributed by atoms with Crippen LogP contribution in [-0.2, 0) is 4.74 Å². The third-order valence-electron chi connectivity index (χ3n) is 7.44. The highest BCUT2D eigenvalue weighted by atomic mass is 16.6. The number of carbonyl (C=O) groups is 1. The number of piperazine rings is 1. The lowest BCUT2D eigenvalue weighted by Gasteiger charge is -2.42. The number of nitrogens with zero attached hydrogens (tertiary/aromatic N) is 4. The minimum absolute atomic E-state index is 0.0756. The average molecular weight is 379 g/mol. The van der Waals surface area contributed by atoms with Crippen LogP contribution in [0.15, 0.2) is 0 Å². The molecular weight excluding hydrogens is 340 g/mol. The molecule has 4 rings (SSSR count). The highest BCUT2D eigenvalue weighted by molar-refractivity contribution is 5.70. The normalized spacial score (nSPS) is 28.8. The second kappa shape index (κ2) is 8.66. The summed E-state index contributed by atoms with van der Waals surface area (Å²) in [5.41, 5.74) is -0.205. The molecule has 6 nitrogen and oxygen atoms in total. The average Bonchev–Trinajstić information content (AvgIpc) is 3.03. The van der Waals surface area contributed by atoms with E-state index in [9.17, 15) is 4.79 Å². The van der Waals surface area contributed by atoms with Gasteiger partial charge in [0.25, 0.3) is 0 Å². The molecule has 0 N–H and O–H groups in total. The zero-order valence-corrected chi connectivity index (χ0v) is 17.2. The van der Waals surface area contributed by atoms with Gasteiger partial charge in [-0.2, -0.15) is 0 Å². The molecule has 0 aromatic carbocycles. The van der Waals surface area contributed by atoms with Crippen molar-refractivity contribution < 1.29 is 9.53 Å². The molecule has 27 heavy (non-hydrogen) atoms. The van der Waals surface area contributed by atoms with Crippen molar-refractivity contribution in [2.45, 2.75) is 63.5 Å². The fraction of sp³-hybridized carbons (Fsp3) is 0.952. The Balaban J connectivity index is 1.22. The van der Waals surface area contributed by atoms with E-state index in [0.29, 0.717) is 0 Å². The molecule has 1 spiro atoms. The first-order chi connectivity index (χ1) is 13.2. The van der Waals surface area contributed by atoms with Crippen molar-refractivity contribution in [3.8, 4) is 0 Å². The van der Waals surface area contributed by atoms with Gasteiger partial charge in [0.05, 0.1) is 6.54 Å². The van der Waals surface area contributed by atoms with E-state index in [1.54, 1.807) is 0 Å². The molecule has 4 fully saturated rings. The van der Waals surface area contributed by atoms with Gasteiger partial charge in [0.2, 0.25) is 0 Å². The van der Waals surface area contributed by atoms with Gasteiger partial charge in [-0.05, 0) is 19.4 Å². The Kier molecular flexibility index (Phi) is 6.25. The highest BCUT2D eigenvalue weighted by Crippen LogP contribution is 2.35. The van der Waals surface area contributed by atoms with E-state index in [1.807, 2.05) is 4.90 Å². The van der Waals surface area contributed by atoms with Crippen LogP contribution in [0.1, 0.15) is 51.9 Å². The molecule has 0 atom stereocenters. The fourth-order valence-electron chi connectivity index (χ4n) is 5.46. The van der Waals surface area contributed by atoms with Crippen molar-refractivity contribution in [2.24, 2.45) is 0 Å². The van der Waals surface area contributed by atoms with E-state index in [2.05, 4.69) is 21.6 Å². The topological polar surface area (TPSA) is 39.3 Å². The summed E-state index contributed by atoms with van der Waals surface area (Å²) in [6, 6.07) is 0.783. The lowest BCUT2D eigenvalue weighted by molar-refractivity contribution is -0.0144. The maximum absolute atomic E-state index is 12.5.